The second-order valence-corrected chi connectivity index (χ2v) is 8.83. The third kappa shape index (κ3) is 4.61. The summed E-state index contributed by atoms with van der Waals surface area (Å²) in [4.78, 5) is 12.9. The van der Waals surface area contributed by atoms with Gasteiger partial charge >= 0.3 is 0 Å². The number of hydrazone groups is 1. The molecule has 3 rings (SSSR count). The molecule has 1 aromatic carbocycles. The van der Waals surface area contributed by atoms with E-state index in [0.717, 1.165) is 22.3 Å². The summed E-state index contributed by atoms with van der Waals surface area (Å²) in [7, 11) is 3.99. The molecule has 0 bridgehead atoms. The van der Waals surface area contributed by atoms with Crippen LogP contribution in [0.2, 0.25) is 0 Å². The maximum Gasteiger partial charge on any atom is 0.158 e. The SMILES string of the molecule is CN(C)Cc1ccc(C=NNc2ncnc3sc(C(C)(C)C)cc23)c(O)c1. The van der Waals surface area contributed by atoms with Crippen molar-refractivity contribution in [1.29, 1.82) is 0 Å². The maximum absolute atomic E-state index is 10.2. The molecule has 0 aliphatic rings. The van der Waals surface area contributed by atoms with Gasteiger partial charge in [0.05, 0.1) is 11.6 Å². The number of nitrogens with zero attached hydrogens (tertiary/aromatic N) is 4. The lowest BCUT2D eigenvalue weighted by Crippen LogP contribution is -2.10. The molecule has 0 saturated heterocycles. The summed E-state index contributed by atoms with van der Waals surface area (Å²) in [6.07, 6.45) is 3.14. The van der Waals surface area contributed by atoms with Crippen LogP contribution in [0.1, 0.15) is 36.8 Å². The second kappa shape index (κ2) is 7.62. The van der Waals surface area contributed by atoms with Gasteiger partial charge in [0.1, 0.15) is 16.9 Å². The molecule has 0 amide bonds. The first-order chi connectivity index (χ1) is 12.7. The van der Waals surface area contributed by atoms with Gasteiger partial charge in [0.25, 0.3) is 0 Å². The molecular formula is C20H25N5OS. The van der Waals surface area contributed by atoms with E-state index in [0.29, 0.717) is 11.4 Å². The Labute approximate surface area is 163 Å². The summed E-state index contributed by atoms with van der Waals surface area (Å²) in [6, 6.07) is 7.72. The molecule has 0 atom stereocenters. The number of rotatable bonds is 5. The number of aromatic hydroxyl groups is 1. The summed E-state index contributed by atoms with van der Waals surface area (Å²) in [6.45, 7) is 7.31. The molecule has 0 aliphatic carbocycles. The van der Waals surface area contributed by atoms with Crippen LogP contribution in [0.15, 0.2) is 35.7 Å². The minimum atomic E-state index is 0.0615. The molecule has 142 valence electrons. The molecule has 27 heavy (non-hydrogen) atoms. The van der Waals surface area contributed by atoms with Gasteiger partial charge in [0.15, 0.2) is 5.82 Å². The minimum Gasteiger partial charge on any atom is -0.507 e. The number of hydrogen-bond acceptors (Lipinski definition) is 7. The van der Waals surface area contributed by atoms with E-state index in [2.05, 4.69) is 52.2 Å². The molecule has 2 heterocycles. The Balaban J connectivity index is 1.79. The number of aromatic nitrogens is 2. The monoisotopic (exact) mass is 383 g/mol. The normalized spacial score (nSPS) is 12.4. The summed E-state index contributed by atoms with van der Waals surface area (Å²) in [5.41, 5.74) is 4.74. The van der Waals surface area contributed by atoms with Gasteiger partial charge in [0, 0.05) is 17.0 Å². The molecule has 2 N–H and O–H groups in total. The van der Waals surface area contributed by atoms with E-state index in [-0.39, 0.29) is 11.2 Å². The first-order valence-electron chi connectivity index (χ1n) is 8.75. The molecule has 0 unspecified atom stereocenters. The topological polar surface area (TPSA) is 73.6 Å². The predicted octanol–water partition coefficient (Wildman–Crippen LogP) is 4.20. The lowest BCUT2D eigenvalue weighted by Gasteiger charge is -2.14. The number of benzene rings is 1. The summed E-state index contributed by atoms with van der Waals surface area (Å²) >= 11 is 1.67. The number of phenolic OH excluding ortho intramolecular Hbond substituents is 1. The van der Waals surface area contributed by atoms with Gasteiger partial charge in [-0.1, -0.05) is 26.8 Å². The van der Waals surface area contributed by atoms with Gasteiger partial charge in [-0.3, -0.25) is 5.43 Å². The van der Waals surface area contributed by atoms with Crippen molar-refractivity contribution in [3.8, 4) is 5.75 Å². The van der Waals surface area contributed by atoms with E-state index in [9.17, 15) is 5.11 Å². The highest BCUT2D eigenvalue weighted by molar-refractivity contribution is 7.18. The number of hydrogen-bond donors (Lipinski definition) is 2. The van der Waals surface area contributed by atoms with Gasteiger partial charge < -0.3 is 10.0 Å². The number of phenols is 1. The van der Waals surface area contributed by atoms with Crippen LogP contribution in [0.25, 0.3) is 10.2 Å². The average Bonchev–Trinajstić information content (AvgIpc) is 3.01. The molecule has 7 heteroatoms. The highest BCUT2D eigenvalue weighted by Gasteiger charge is 2.18. The molecule has 3 aromatic rings. The third-order valence-corrected chi connectivity index (χ3v) is 5.51. The van der Waals surface area contributed by atoms with Crippen molar-refractivity contribution in [2.24, 2.45) is 5.10 Å². The van der Waals surface area contributed by atoms with E-state index < -0.39 is 0 Å². The van der Waals surface area contributed by atoms with Crippen LogP contribution in [-0.4, -0.2) is 40.3 Å². The van der Waals surface area contributed by atoms with Crippen molar-refractivity contribution in [3.63, 3.8) is 0 Å². The smallest absolute Gasteiger partial charge is 0.158 e. The zero-order valence-corrected chi connectivity index (χ0v) is 17.1. The van der Waals surface area contributed by atoms with Crippen molar-refractivity contribution in [3.05, 3.63) is 46.6 Å². The first-order valence-corrected chi connectivity index (χ1v) is 9.56. The fourth-order valence-corrected chi connectivity index (χ4v) is 3.70. The van der Waals surface area contributed by atoms with E-state index in [4.69, 9.17) is 0 Å². The quantitative estimate of drug-likeness (QED) is 0.510. The minimum absolute atomic E-state index is 0.0615. The van der Waals surface area contributed by atoms with Gasteiger partial charge in [0.2, 0.25) is 0 Å². The number of thiophene rings is 1. The van der Waals surface area contributed by atoms with Crippen LogP contribution in [0.5, 0.6) is 5.75 Å². The molecule has 0 spiro atoms. The largest absolute Gasteiger partial charge is 0.507 e. The van der Waals surface area contributed by atoms with E-state index in [1.165, 1.54) is 11.2 Å². The summed E-state index contributed by atoms with van der Waals surface area (Å²) < 4.78 is 0. The Kier molecular flexibility index (Phi) is 5.43. The maximum atomic E-state index is 10.2. The molecule has 2 aromatic heterocycles. The van der Waals surface area contributed by atoms with Gasteiger partial charge in [-0.2, -0.15) is 5.10 Å². The van der Waals surface area contributed by atoms with Crippen LogP contribution >= 0.6 is 11.3 Å². The fraction of sp³-hybridized carbons (Fsp3) is 0.350. The van der Waals surface area contributed by atoms with Crippen LogP contribution < -0.4 is 5.43 Å². The molecule has 6 nitrogen and oxygen atoms in total. The molecule has 0 aliphatic heterocycles. The molecule has 0 fully saturated rings. The number of nitrogens with one attached hydrogen (secondary N) is 1. The Hall–Kier alpha value is -2.51. The van der Waals surface area contributed by atoms with Gasteiger partial charge in [-0.25, -0.2) is 9.97 Å². The number of fused-ring (bicyclic) bond motifs is 1. The van der Waals surface area contributed by atoms with Crippen LogP contribution in [0.4, 0.5) is 5.82 Å². The predicted molar refractivity (Wildman–Crippen MR) is 113 cm³/mol. The van der Waals surface area contributed by atoms with Crippen molar-refractivity contribution < 1.29 is 5.11 Å². The van der Waals surface area contributed by atoms with Crippen LogP contribution in [0.3, 0.4) is 0 Å². The first kappa shape index (κ1) is 19.3. The van der Waals surface area contributed by atoms with Crippen LogP contribution in [0, 0.1) is 0 Å². The fourth-order valence-electron chi connectivity index (χ4n) is 2.64. The van der Waals surface area contributed by atoms with Crippen molar-refractivity contribution in [1.82, 2.24) is 14.9 Å². The standard InChI is InChI=1S/C20H25N5OS/c1-20(2,3)17-9-15-18(21-12-22-19(15)27-17)24-23-10-14-7-6-13(8-16(14)26)11-25(4)5/h6-10,12,26H,11H2,1-5H3,(H,21,22,24). The number of anilines is 1. The van der Waals surface area contributed by atoms with Crippen LogP contribution in [-0.2, 0) is 12.0 Å². The Morgan fingerprint density at radius 2 is 2.00 bits per heavy atom. The Morgan fingerprint density at radius 1 is 1.22 bits per heavy atom. The Bertz CT molecular complexity index is 972. The highest BCUT2D eigenvalue weighted by Crippen LogP contribution is 2.35. The third-order valence-electron chi connectivity index (χ3n) is 4.04. The van der Waals surface area contributed by atoms with E-state index in [1.807, 2.05) is 26.2 Å². The zero-order chi connectivity index (χ0) is 19.6. The Morgan fingerprint density at radius 3 is 2.67 bits per heavy atom. The molecule has 0 radical (unpaired) electrons. The van der Waals surface area contributed by atoms with Gasteiger partial charge in [-0.05, 0) is 43.3 Å². The lowest BCUT2D eigenvalue weighted by molar-refractivity contribution is 0.400. The summed E-state index contributed by atoms with van der Waals surface area (Å²) in [5, 5.41) is 15.4. The van der Waals surface area contributed by atoms with Gasteiger partial charge in [-0.15, -0.1) is 11.3 Å². The lowest BCUT2D eigenvalue weighted by atomic mass is 9.94. The zero-order valence-electron chi connectivity index (χ0n) is 16.3. The summed E-state index contributed by atoms with van der Waals surface area (Å²) in [5.74, 6) is 0.866. The second-order valence-electron chi connectivity index (χ2n) is 7.80. The van der Waals surface area contributed by atoms with E-state index in [1.54, 1.807) is 23.6 Å². The molecular weight excluding hydrogens is 358 g/mol. The van der Waals surface area contributed by atoms with Crippen molar-refractivity contribution >= 4 is 33.6 Å². The van der Waals surface area contributed by atoms with Crippen molar-refractivity contribution in [2.45, 2.75) is 32.7 Å². The average molecular weight is 384 g/mol. The molecule has 0 saturated carbocycles. The highest BCUT2D eigenvalue weighted by atomic mass is 32.1. The van der Waals surface area contributed by atoms with E-state index >= 15 is 0 Å². The van der Waals surface area contributed by atoms with Crippen molar-refractivity contribution in [2.75, 3.05) is 19.5 Å².